The Balaban J connectivity index is 2.84. The molecule has 4 N–H and O–H groups in total. The van der Waals surface area contributed by atoms with E-state index in [1.165, 1.54) is 18.2 Å². The van der Waals surface area contributed by atoms with E-state index < -0.39 is 23.7 Å². The second-order valence-electron chi connectivity index (χ2n) is 3.95. The lowest BCUT2D eigenvalue weighted by Gasteiger charge is -2.13. The minimum Gasteiger partial charge on any atom is -0.504 e. The second-order valence-corrected chi connectivity index (χ2v) is 3.95. The topological polar surface area (TPSA) is 124 Å². The van der Waals surface area contributed by atoms with Gasteiger partial charge < -0.3 is 20.6 Å². The quantitative estimate of drug-likeness (QED) is 0.432. The number of aromatic hydroxyl groups is 2. The number of nitrogens with one attached hydrogen (secondary N) is 1. The molecule has 0 bridgehead atoms. The van der Waals surface area contributed by atoms with Crippen molar-refractivity contribution in [2.45, 2.75) is 19.4 Å². The number of Topliss-reactive ketones (excluding diaryl/α,β-unsaturated/α-hetero) is 1. The van der Waals surface area contributed by atoms with E-state index in [1.807, 2.05) is 0 Å². The number of phenolic OH excluding ortho intramolecular Hbond substituents is 2. The van der Waals surface area contributed by atoms with Crippen LogP contribution < -0.4 is 5.32 Å². The zero-order valence-corrected chi connectivity index (χ0v) is 10.1. The molecule has 1 amide bonds. The Morgan fingerprint density at radius 1 is 1.21 bits per heavy atom. The SMILES string of the molecule is CC(=O)C(=O)N[C@@H](Cc1ccc(O)c(O)c1)C(=O)O. The number of ketones is 1. The predicted octanol–water partition coefficient (Wildman–Crippen LogP) is -0.201. The summed E-state index contributed by atoms with van der Waals surface area (Å²) in [5.41, 5.74) is 0.395. The number of carbonyl (C=O) groups is 3. The van der Waals surface area contributed by atoms with Gasteiger partial charge in [0.1, 0.15) is 6.04 Å². The number of aliphatic carboxylic acids is 1. The minimum absolute atomic E-state index is 0.123. The van der Waals surface area contributed by atoms with E-state index in [9.17, 15) is 19.5 Å². The maximum absolute atomic E-state index is 11.2. The van der Waals surface area contributed by atoms with Crippen molar-refractivity contribution in [2.75, 3.05) is 0 Å². The first kappa shape index (κ1) is 14.5. The summed E-state index contributed by atoms with van der Waals surface area (Å²) in [5.74, 6) is -3.81. The summed E-state index contributed by atoms with van der Waals surface area (Å²) in [5, 5.41) is 29.4. The van der Waals surface area contributed by atoms with Crippen LogP contribution in [0.1, 0.15) is 12.5 Å². The second kappa shape index (κ2) is 5.85. The largest absolute Gasteiger partial charge is 0.504 e. The molecular formula is C12H13NO6. The monoisotopic (exact) mass is 267 g/mol. The Labute approximate surface area is 108 Å². The number of phenols is 2. The smallest absolute Gasteiger partial charge is 0.326 e. The molecule has 0 saturated heterocycles. The van der Waals surface area contributed by atoms with Gasteiger partial charge in [-0.2, -0.15) is 0 Å². The molecule has 0 radical (unpaired) electrons. The summed E-state index contributed by atoms with van der Waals surface area (Å²) in [6, 6.07) is 2.51. The molecule has 0 spiro atoms. The van der Waals surface area contributed by atoms with Gasteiger partial charge in [0.25, 0.3) is 5.91 Å². The number of hydrogen-bond donors (Lipinski definition) is 4. The first-order valence-corrected chi connectivity index (χ1v) is 5.36. The number of carboxylic acid groups (broad SMARTS) is 1. The van der Waals surface area contributed by atoms with Crippen LogP contribution in [0.2, 0.25) is 0 Å². The molecule has 0 aromatic heterocycles. The lowest BCUT2D eigenvalue weighted by atomic mass is 10.1. The van der Waals surface area contributed by atoms with Gasteiger partial charge in [-0.1, -0.05) is 6.07 Å². The molecule has 0 aliphatic rings. The van der Waals surface area contributed by atoms with Crippen molar-refractivity contribution in [3.63, 3.8) is 0 Å². The maximum Gasteiger partial charge on any atom is 0.326 e. The fourth-order valence-electron chi connectivity index (χ4n) is 1.39. The van der Waals surface area contributed by atoms with Gasteiger partial charge in [-0.15, -0.1) is 0 Å². The van der Waals surface area contributed by atoms with Gasteiger partial charge in [-0.25, -0.2) is 4.79 Å². The molecule has 0 aliphatic heterocycles. The Morgan fingerprint density at radius 2 is 1.84 bits per heavy atom. The molecule has 0 fully saturated rings. The first-order chi connectivity index (χ1) is 8.81. The lowest BCUT2D eigenvalue weighted by molar-refractivity contribution is -0.143. The maximum atomic E-state index is 11.2. The summed E-state index contributed by atoms with van der Waals surface area (Å²) < 4.78 is 0. The number of rotatable bonds is 5. The highest BCUT2D eigenvalue weighted by atomic mass is 16.4. The lowest BCUT2D eigenvalue weighted by Crippen LogP contribution is -2.44. The average molecular weight is 267 g/mol. The summed E-state index contributed by atoms with van der Waals surface area (Å²) in [4.78, 5) is 32.9. The molecule has 1 rings (SSSR count). The van der Waals surface area contributed by atoms with Crippen molar-refractivity contribution in [1.29, 1.82) is 0 Å². The van der Waals surface area contributed by atoms with Gasteiger partial charge in [0, 0.05) is 13.3 Å². The number of carboxylic acids is 1. The van der Waals surface area contributed by atoms with Gasteiger partial charge in [0.05, 0.1) is 0 Å². The summed E-state index contributed by atoms with van der Waals surface area (Å²) in [6.07, 6.45) is -0.123. The molecule has 7 nitrogen and oxygen atoms in total. The third-order valence-electron chi connectivity index (χ3n) is 2.40. The standard InChI is InChI=1S/C12H13NO6/c1-6(14)11(17)13-8(12(18)19)4-7-2-3-9(15)10(16)5-7/h2-3,5,8,15-16H,4H2,1H3,(H,13,17)(H,18,19)/t8-/m0/s1. The van der Waals surface area contributed by atoms with Gasteiger partial charge in [-0.3, -0.25) is 9.59 Å². The van der Waals surface area contributed by atoms with E-state index >= 15 is 0 Å². The van der Waals surface area contributed by atoms with Crippen molar-refractivity contribution < 1.29 is 29.7 Å². The van der Waals surface area contributed by atoms with Gasteiger partial charge in [-0.05, 0) is 17.7 Å². The molecule has 19 heavy (non-hydrogen) atoms. The van der Waals surface area contributed by atoms with E-state index in [1.54, 1.807) is 0 Å². The van der Waals surface area contributed by atoms with Crippen molar-refractivity contribution in [1.82, 2.24) is 5.32 Å². The van der Waals surface area contributed by atoms with Crippen molar-refractivity contribution >= 4 is 17.7 Å². The molecule has 0 saturated carbocycles. The third kappa shape index (κ3) is 3.98. The van der Waals surface area contributed by atoms with E-state index in [0.29, 0.717) is 5.56 Å². The van der Waals surface area contributed by atoms with Crippen LogP contribution in [0.5, 0.6) is 11.5 Å². The number of carbonyl (C=O) groups excluding carboxylic acids is 2. The summed E-state index contributed by atoms with van der Waals surface area (Å²) in [6.45, 7) is 1.03. The van der Waals surface area contributed by atoms with Crippen LogP contribution in [0.3, 0.4) is 0 Å². The average Bonchev–Trinajstić information content (AvgIpc) is 2.32. The minimum atomic E-state index is -1.30. The highest BCUT2D eigenvalue weighted by molar-refractivity contribution is 6.35. The molecule has 0 unspecified atom stereocenters. The molecule has 0 aliphatic carbocycles. The Hall–Kier alpha value is -2.57. The Kier molecular flexibility index (Phi) is 4.46. The number of hydrogen-bond acceptors (Lipinski definition) is 5. The van der Waals surface area contributed by atoms with Crippen LogP contribution in [-0.4, -0.2) is 39.0 Å². The first-order valence-electron chi connectivity index (χ1n) is 5.36. The Bertz CT molecular complexity index is 525. The summed E-state index contributed by atoms with van der Waals surface area (Å²) >= 11 is 0. The molecule has 1 aromatic rings. The van der Waals surface area contributed by atoms with Crippen LogP contribution in [0.25, 0.3) is 0 Å². The van der Waals surface area contributed by atoms with Crippen LogP contribution in [0.4, 0.5) is 0 Å². The summed E-state index contributed by atoms with van der Waals surface area (Å²) in [7, 11) is 0. The highest BCUT2D eigenvalue weighted by Crippen LogP contribution is 2.25. The Morgan fingerprint density at radius 3 is 2.32 bits per heavy atom. The molecule has 0 heterocycles. The molecule has 102 valence electrons. The predicted molar refractivity (Wildman–Crippen MR) is 63.7 cm³/mol. The van der Waals surface area contributed by atoms with E-state index in [4.69, 9.17) is 10.2 Å². The molecular weight excluding hydrogens is 254 g/mol. The van der Waals surface area contributed by atoms with Gasteiger partial charge >= 0.3 is 5.97 Å². The number of amides is 1. The van der Waals surface area contributed by atoms with Crippen LogP contribution >= 0.6 is 0 Å². The van der Waals surface area contributed by atoms with Crippen molar-refractivity contribution in [3.05, 3.63) is 23.8 Å². The normalized spacial score (nSPS) is 11.6. The van der Waals surface area contributed by atoms with Crippen molar-refractivity contribution in [2.24, 2.45) is 0 Å². The van der Waals surface area contributed by atoms with Crippen LogP contribution in [0, 0.1) is 0 Å². The molecule has 1 aromatic carbocycles. The molecule has 7 heteroatoms. The van der Waals surface area contributed by atoms with E-state index in [0.717, 1.165) is 6.92 Å². The molecule has 1 atom stereocenters. The fourth-order valence-corrected chi connectivity index (χ4v) is 1.39. The van der Waals surface area contributed by atoms with Crippen LogP contribution in [0.15, 0.2) is 18.2 Å². The van der Waals surface area contributed by atoms with Crippen LogP contribution in [-0.2, 0) is 20.8 Å². The van der Waals surface area contributed by atoms with Gasteiger partial charge in [0.15, 0.2) is 11.5 Å². The fraction of sp³-hybridized carbons (Fsp3) is 0.250. The van der Waals surface area contributed by atoms with E-state index in [2.05, 4.69) is 5.32 Å². The highest BCUT2D eigenvalue weighted by Gasteiger charge is 2.22. The third-order valence-corrected chi connectivity index (χ3v) is 2.40. The van der Waals surface area contributed by atoms with E-state index in [-0.39, 0.29) is 17.9 Å². The zero-order chi connectivity index (χ0) is 14.6. The zero-order valence-electron chi connectivity index (χ0n) is 10.1. The number of benzene rings is 1. The van der Waals surface area contributed by atoms with Gasteiger partial charge in [0.2, 0.25) is 5.78 Å². The van der Waals surface area contributed by atoms with Crippen molar-refractivity contribution in [3.8, 4) is 11.5 Å².